The first-order valence-corrected chi connectivity index (χ1v) is 9.14. The van der Waals surface area contributed by atoms with Crippen LogP contribution in [0.3, 0.4) is 0 Å². The van der Waals surface area contributed by atoms with Crippen molar-refractivity contribution in [1.29, 1.82) is 0 Å². The second-order valence-electron chi connectivity index (χ2n) is 7.01. The van der Waals surface area contributed by atoms with E-state index in [4.69, 9.17) is 14.6 Å². The minimum absolute atomic E-state index is 0. The third kappa shape index (κ3) is 7.20. The minimum Gasteiger partial charge on any atom is -0.550 e. The van der Waals surface area contributed by atoms with Crippen LogP contribution in [0.1, 0.15) is 32.1 Å². The van der Waals surface area contributed by atoms with Gasteiger partial charge in [-0.05, 0) is 31.6 Å². The molecular formula is C18H27KO9. The quantitative estimate of drug-likeness (QED) is 0.161. The summed E-state index contributed by atoms with van der Waals surface area (Å²) in [6.07, 6.45) is -1.18. The van der Waals surface area contributed by atoms with Crippen LogP contribution in [0.25, 0.3) is 0 Å². The SMILES string of the molecule is O=C([O-])C[C@H]1CCC(=O)[C@@H]1C/C=C\CCO[C@@H]1O[C@H](CO)[C@@H](O)[C@H](O)[C@H]1O.[K+]. The van der Waals surface area contributed by atoms with Gasteiger partial charge in [0.15, 0.2) is 6.29 Å². The van der Waals surface area contributed by atoms with E-state index in [1.165, 1.54) is 0 Å². The molecule has 1 heterocycles. The summed E-state index contributed by atoms with van der Waals surface area (Å²) in [4.78, 5) is 22.6. The Kier molecular flexibility index (Phi) is 12.1. The van der Waals surface area contributed by atoms with Crippen LogP contribution < -0.4 is 56.5 Å². The number of hydrogen-bond acceptors (Lipinski definition) is 9. The van der Waals surface area contributed by atoms with Gasteiger partial charge in [-0.3, -0.25) is 4.79 Å². The Labute approximate surface area is 206 Å². The van der Waals surface area contributed by atoms with Crippen molar-refractivity contribution in [3.63, 3.8) is 0 Å². The molecule has 0 aromatic heterocycles. The Hall–Kier alpha value is 0.276. The molecule has 0 aromatic carbocycles. The van der Waals surface area contributed by atoms with Crippen molar-refractivity contribution in [3.05, 3.63) is 12.2 Å². The van der Waals surface area contributed by atoms with E-state index in [0.717, 1.165) is 0 Å². The largest absolute Gasteiger partial charge is 1.00 e. The van der Waals surface area contributed by atoms with E-state index in [9.17, 15) is 30.0 Å². The van der Waals surface area contributed by atoms with Crippen LogP contribution in [0.2, 0.25) is 0 Å². The third-order valence-corrected chi connectivity index (χ3v) is 5.14. The van der Waals surface area contributed by atoms with Crippen LogP contribution in [0, 0.1) is 11.8 Å². The summed E-state index contributed by atoms with van der Waals surface area (Å²) >= 11 is 0. The van der Waals surface area contributed by atoms with E-state index in [0.29, 0.717) is 25.7 Å². The van der Waals surface area contributed by atoms with E-state index >= 15 is 0 Å². The number of carboxylic acid groups (broad SMARTS) is 1. The van der Waals surface area contributed by atoms with Gasteiger partial charge in [0.05, 0.1) is 13.2 Å². The molecule has 4 N–H and O–H groups in total. The van der Waals surface area contributed by atoms with Gasteiger partial charge in [0.1, 0.15) is 30.2 Å². The van der Waals surface area contributed by atoms with Gasteiger partial charge in [-0.2, -0.15) is 0 Å². The summed E-state index contributed by atoms with van der Waals surface area (Å²) in [6, 6.07) is 0. The topological polar surface area (TPSA) is 157 Å². The first kappa shape index (κ1) is 26.3. The number of carbonyl (C=O) groups is 2. The molecule has 9 nitrogen and oxygen atoms in total. The van der Waals surface area contributed by atoms with Crippen LogP contribution in [0.4, 0.5) is 0 Å². The molecule has 1 saturated carbocycles. The number of Topliss-reactive ketones (excluding diaryl/α,β-unsaturated/α-hetero) is 1. The van der Waals surface area contributed by atoms with Crippen molar-refractivity contribution < 1.29 is 96.0 Å². The van der Waals surface area contributed by atoms with Crippen LogP contribution >= 0.6 is 0 Å². The molecule has 0 bridgehead atoms. The summed E-state index contributed by atoms with van der Waals surface area (Å²) < 4.78 is 10.6. The predicted octanol–water partition coefficient (Wildman–Crippen LogP) is -5.12. The fourth-order valence-electron chi connectivity index (χ4n) is 3.58. The normalized spacial score (nSPS) is 35.9. The molecule has 1 aliphatic heterocycles. The second-order valence-corrected chi connectivity index (χ2v) is 7.01. The zero-order valence-electron chi connectivity index (χ0n) is 16.0. The van der Waals surface area contributed by atoms with Gasteiger partial charge in [-0.25, -0.2) is 0 Å². The number of hydrogen-bond donors (Lipinski definition) is 4. The van der Waals surface area contributed by atoms with Crippen LogP contribution in [-0.2, 0) is 19.1 Å². The summed E-state index contributed by atoms with van der Waals surface area (Å²) in [7, 11) is 0. The standard InChI is InChI=1S/C18H28O9.K/c19-9-13-15(23)16(24)17(25)18(27-13)26-7-3-1-2-4-11-10(8-14(21)22)5-6-12(11)20;/h1-2,10-11,13,15-19,23-25H,3-9H2,(H,21,22);/q;+1/p-1/b2-1-;/t10-,11-,13-,15-,16+,17-,18-;/m1./s1. The van der Waals surface area contributed by atoms with E-state index in [1.807, 2.05) is 0 Å². The molecule has 0 unspecified atom stereocenters. The van der Waals surface area contributed by atoms with Crippen molar-refractivity contribution in [2.45, 2.75) is 62.8 Å². The smallest absolute Gasteiger partial charge is 0.550 e. The van der Waals surface area contributed by atoms with Crippen LogP contribution in [0.15, 0.2) is 12.2 Å². The zero-order chi connectivity index (χ0) is 20.0. The van der Waals surface area contributed by atoms with Gasteiger partial charge in [0.25, 0.3) is 0 Å². The number of rotatable bonds is 9. The number of ether oxygens (including phenoxy) is 2. The van der Waals surface area contributed by atoms with Gasteiger partial charge in [0, 0.05) is 18.3 Å². The fraction of sp³-hybridized carbons (Fsp3) is 0.778. The molecule has 10 heteroatoms. The van der Waals surface area contributed by atoms with Gasteiger partial charge in [-0.15, -0.1) is 0 Å². The maximum absolute atomic E-state index is 11.9. The molecule has 1 aliphatic carbocycles. The monoisotopic (exact) mass is 426 g/mol. The Balaban J connectivity index is 0.00000392. The van der Waals surface area contributed by atoms with Gasteiger partial charge in [0.2, 0.25) is 0 Å². The average molecular weight is 427 g/mol. The number of aliphatic hydroxyl groups is 4. The molecule has 0 aromatic rings. The van der Waals surface area contributed by atoms with E-state index in [-0.39, 0.29) is 82.0 Å². The molecule has 154 valence electrons. The maximum atomic E-state index is 11.9. The molecule has 2 aliphatic rings. The predicted molar refractivity (Wildman–Crippen MR) is 88.9 cm³/mol. The first-order chi connectivity index (χ1) is 12.8. The molecule has 0 spiro atoms. The minimum atomic E-state index is -1.48. The van der Waals surface area contributed by atoms with Crippen molar-refractivity contribution in [2.75, 3.05) is 13.2 Å². The average Bonchev–Trinajstić information content (AvgIpc) is 2.96. The van der Waals surface area contributed by atoms with Crippen molar-refractivity contribution in [1.82, 2.24) is 0 Å². The number of aliphatic carboxylic acids is 1. The molecule has 28 heavy (non-hydrogen) atoms. The number of ketones is 1. The number of carboxylic acids is 1. The van der Waals surface area contributed by atoms with Crippen LogP contribution in [-0.4, -0.2) is 76.1 Å². The van der Waals surface area contributed by atoms with E-state index in [2.05, 4.69) is 0 Å². The molecule has 7 atom stereocenters. The third-order valence-electron chi connectivity index (χ3n) is 5.14. The molecule has 0 radical (unpaired) electrons. The Morgan fingerprint density at radius 2 is 1.93 bits per heavy atom. The number of carbonyl (C=O) groups excluding carboxylic acids is 2. The Morgan fingerprint density at radius 1 is 1.21 bits per heavy atom. The summed E-state index contributed by atoms with van der Waals surface area (Å²) in [6.45, 7) is -0.368. The van der Waals surface area contributed by atoms with Gasteiger partial charge >= 0.3 is 51.4 Å². The molecule has 0 amide bonds. The first-order valence-electron chi connectivity index (χ1n) is 9.14. The molecule has 1 saturated heterocycles. The van der Waals surface area contributed by atoms with Crippen molar-refractivity contribution >= 4 is 11.8 Å². The van der Waals surface area contributed by atoms with Crippen molar-refractivity contribution in [2.24, 2.45) is 11.8 Å². The Morgan fingerprint density at radius 3 is 2.57 bits per heavy atom. The van der Waals surface area contributed by atoms with Crippen molar-refractivity contribution in [3.8, 4) is 0 Å². The summed E-state index contributed by atoms with van der Waals surface area (Å²) in [5, 5.41) is 49.1. The summed E-state index contributed by atoms with van der Waals surface area (Å²) in [5.41, 5.74) is 0. The Bertz CT molecular complexity index is 539. The van der Waals surface area contributed by atoms with Gasteiger partial charge < -0.3 is 39.8 Å². The number of allylic oxidation sites excluding steroid dienone is 1. The zero-order valence-corrected chi connectivity index (χ0v) is 19.1. The summed E-state index contributed by atoms with van der Waals surface area (Å²) in [5.74, 6) is -1.55. The molecule has 2 rings (SSSR count). The molecule has 2 fully saturated rings. The van der Waals surface area contributed by atoms with Crippen LogP contribution in [0.5, 0.6) is 0 Å². The van der Waals surface area contributed by atoms with Gasteiger partial charge in [-0.1, -0.05) is 12.2 Å². The maximum Gasteiger partial charge on any atom is 1.00 e. The fourth-order valence-corrected chi connectivity index (χ4v) is 3.58. The molecular weight excluding hydrogens is 399 g/mol. The second kappa shape index (κ2) is 12.9. The van der Waals surface area contributed by atoms with E-state index < -0.39 is 43.3 Å². The number of aliphatic hydroxyl groups excluding tert-OH is 4. The van der Waals surface area contributed by atoms with E-state index in [1.54, 1.807) is 12.2 Å².